The van der Waals surface area contributed by atoms with E-state index in [0.717, 1.165) is 35.4 Å². The van der Waals surface area contributed by atoms with Crippen LogP contribution in [0.2, 0.25) is 5.02 Å². The average Bonchev–Trinajstić information content (AvgIpc) is 2.22. The molecule has 0 fully saturated rings. The molecule has 0 saturated carbocycles. The Morgan fingerprint density at radius 1 is 1.31 bits per heavy atom. The summed E-state index contributed by atoms with van der Waals surface area (Å²) in [5.74, 6) is 0. The van der Waals surface area contributed by atoms with E-state index < -0.39 is 5.60 Å². The molecule has 1 aromatic carbocycles. The van der Waals surface area contributed by atoms with E-state index in [4.69, 9.17) is 11.6 Å². The third kappa shape index (κ3) is 3.50. The monoisotopic (exact) mass is 240 g/mol. The lowest BCUT2D eigenvalue weighted by Gasteiger charge is -2.24. The number of rotatable bonds is 5. The van der Waals surface area contributed by atoms with Gasteiger partial charge in [0.2, 0.25) is 0 Å². The van der Waals surface area contributed by atoms with Gasteiger partial charge < -0.3 is 5.11 Å². The maximum Gasteiger partial charge on any atom is 0.0869 e. The largest absolute Gasteiger partial charge is 0.385 e. The molecule has 0 heterocycles. The van der Waals surface area contributed by atoms with Crippen molar-refractivity contribution in [3.63, 3.8) is 0 Å². The lowest BCUT2D eigenvalue weighted by molar-refractivity contribution is 0.0450. The summed E-state index contributed by atoms with van der Waals surface area (Å²) >= 11 is 6.07. The summed E-state index contributed by atoms with van der Waals surface area (Å²) in [5.41, 5.74) is 1.21. The van der Waals surface area contributed by atoms with E-state index in [0.29, 0.717) is 0 Å². The first-order valence-electron chi connectivity index (χ1n) is 5.96. The Hall–Kier alpha value is -0.530. The van der Waals surface area contributed by atoms with Crippen molar-refractivity contribution in [1.82, 2.24) is 0 Å². The second-order valence-corrected chi connectivity index (χ2v) is 5.10. The SMILES string of the molecule is CCCCCC(C)(O)c1ccc(C)c(Cl)c1. The van der Waals surface area contributed by atoms with Gasteiger partial charge in [0.05, 0.1) is 5.60 Å². The second kappa shape index (κ2) is 5.70. The Morgan fingerprint density at radius 3 is 2.56 bits per heavy atom. The zero-order valence-corrected chi connectivity index (χ0v) is 11.1. The Kier molecular flexibility index (Phi) is 4.82. The molecule has 1 atom stereocenters. The zero-order valence-electron chi connectivity index (χ0n) is 10.4. The molecule has 0 spiro atoms. The molecule has 1 aromatic rings. The van der Waals surface area contributed by atoms with Crippen LogP contribution in [0, 0.1) is 6.92 Å². The summed E-state index contributed by atoms with van der Waals surface area (Å²) in [6, 6.07) is 5.81. The first-order chi connectivity index (χ1) is 7.47. The quantitative estimate of drug-likeness (QED) is 0.755. The molecule has 0 aliphatic carbocycles. The molecule has 0 aliphatic heterocycles. The van der Waals surface area contributed by atoms with Gasteiger partial charge in [-0.2, -0.15) is 0 Å². The van der Waals surface area contributed by atoms with Gasteiger partial charge in [-0.3, -0.25) is 0 Å². The maximum absolute atomic E-state index is 10.4. The number of halogens is 1. The zero-order chi connectivity index (χ0) is 12.2. The highest BCUT2D eigenvalue weighted by Gasteiger charge is 2.22. The summed E-state index contributed by atoms with van der Waals surface area (Å²) < 4.78 is 0. The van der Waals surface area contributed by atoms with Crippen LogP contribution in [0.1, 0.15) is 50.7 Å². The summed E-state index contributed by atoms with van der Waals surface area (Å²) in [7, 11) is 0. The Morgan fingerprint density at radius 2 is 2.00 bits per heavy atom. The van der Waals surface area contributed by atoms with Gasteiger partial charge in [0.1, 0.15) is 0 Å². The molecule has 0 bridgehead atoms. The molecule has 0 radical (unpaired) electrons. The minimum Gasteiger partial charge on any atom is -0.385 e. The highest BCUT2D eigenvalue weighted by Crippen LogP contribution is 2.29. The molecule has 0 amide bonds. The normalized spacial score (nSPS) is 14.8. The van der Waals surface area contributed by atoms with E-state index in [2.05, 4.69) is 6.92 Å². The van der Waals surface area contributed by atoms with Gasteiger partial charge in [-0.05, 0) is 37.5 Å². The van der Waals surface area contributed by atoms with Crippen molar-refractivity contribution >= 4 is 11.6 Å². The summed E-state index contributed by atoms with van der Waals surface area (Å²) in [6.07, 6.45) is 4.18. The first-order valence-corrected chi connectivity index (χ1v) is 6.34. The van der Waals surface area contributed by atoms with E-state index in [9.17, 15) is 5.11 Å². The summed E-state index contributed by atoms with van der Waals surface area (Å²) in [5, 5.41) is 11.1. The number of unbranched alkanes of at least 4 members (excludes halogenated alkanes) is 2. The summed E-state index contributed by atoms with van der Waals surface area (Å²) in [6.45, 7) is 6.00. The Balaban J connectivity index is 2.76. The van der Waals surface area contributed by atoms with Crippen molar-refractivity contribution in [1.29, 1.82) is 0 Å². The number of hydrogen-bond donors (Lipinski definition) is 1. The molecule has 0 saturated heterocycles. The van der Waals surface area contributed by atoms with Crippen LogP contribution >= 0.6 is 11.6 Å². The molecular weight excluding hydrogens is 220 g/mol. The fraction of sp³-hybridized carbons (Fsp3) is 0.571. The molecule has 1 rings (SSSR count). The molecule has 1 nitrogen and oxygen atoms in total. The van der Waals surface area contributed by atoms with Crippen molar-refractivity contribution < 1.29 is 5.11 Å². The van der Waals surface area contributed by atoms with Crippen molar-refractivity contribution in [2.45, 2.75) is 52.1 Å². The first kappa shape index (κ1) is 13.5. The van der Waals surface area contributed by atoms with E-state index >= 15 is 0 Å². The molecule has 0 aliphatic rings. The van der Waals surface area contributed by atoms with E-state index in [1.165, 1.54) is 6.42 Å². The lowest BCUT2D eigenvalue weighted by Crippen LogP contribution is -2.20. The molecule has 16 heavy (non-hydrogen) atoms. The Labute approximate surface area is 103 Å². The topological polar surface area (TPSA) is 20.2 Å². The van der Waals surface area contributed by atoms with Crippen LogP contribution in [0.25, 0.3) is 0 Å². The van der Waals surface area contributed by atoms with Crippen molar-refractivity contribution in [3.8, 4) is 0 Å². The maximum atomic E-state index is 10.4. The fourth-order valence-corrected chi connectivity index (χ4v) is 1.97. The second-order valence-electron chi connectivity index (χ2n) is 4.69. The minimum absolute atomic E-state index is 0.730. The number of benzene rings is 1. The standard InChI is InChI=1S/C14H21ClO/c1-4-5-6-9-14(3,16)12-8-7-11(2)13(15)10-12/h7-8,10,16H,4-6,9H2,1-3H3. The van der Waals surface area contributed by atoms with Crippen LogP contribution in [0.5, 0.6) is 0 Å². The third-order valence-corrected chi connectivity index (χ3v) is 3.47. The number of hydrogen-bond acceptors (Lipinski definition) is 1. The smallest absolute Gasteiger partial charge is 0.0869 e. The fourth-order valence-electron chi connectivity index (χ4n) is 1.79. The van der Waals surface area contributed by atoms with Crippen LogP contribution in [-0.2, 0) is 5.60 Å². The predicted octanol–water partition coefficient (Wildman–Crippen LogP) is 4.44. The van der Waals surface area contributed by atoms with Gasteiger partial charge in [0.25, 0.3) is 0 Å². The van der Waals surface area contributed by atoms with E-state index in [1.54, 1.807) is 0 Å². The van der Waals surface area contributed by atoms with E-state index in [1.807, 2.05) is 32.0 Å². The van der Waals surface area contributed by atoms with Crippen molar-refractivity contribution in [2.24, 2.45) is 0 Å². The predicted molar refractivity (Wildman–Crippen MR) is 69.9 cm³/mol. The molecule has 2 heteroatoms. The Bertz CT molecular complexity index is 345. The van der Waals surface area contributed by atoms with Crippen LogP contribution < -0.4 is 0 Å². The molecule has 1 unspecified atom stereocenters. The van der Waals surface area contributed by atoms with Crippen LogP contribution in [0.15, 0.2) is 18.2 Å². The van der Waals surface area contributed by atoms with Crippen molar-refractivity contribution in [2.75, 3.05) is 0 Å². The van der Waals surface area contributed by atoms with Gasteiger partial charge in [-0.25, -0.2) is 0 Å². The van der Waals surface area contributed by atoms with Crippen molar-refractivity contribution in [3.05, 3.63) is 34.3 Å². The summed E-state index contributed by atoms with van der Waals surface area (Å²) in [4.78, 5) is 0. The third-order valence-electron chi connectivity index (χ3n) is 3.06. The van der Waals surface area contributed by atoms with Gasteiger partial charge in [0.15, 0.2) is 0 Å². The van der Waals surface area contributed by atoms with Gasteiger partial charge in [-0.1, -0.05) is 49.9 Å². The molecular formula is C14H21ClO. The highest BCUT2D eigenvalue weighted by atomic mass is 35.5. The number of aliphatic hydroxyl groups is 1. The minimum atomic E-state index is -0.757. The van der Waals surface area contributed by atoms with Crippen LogP contribution in [0.4, 0.5) is 0 Å². The molecule has 0 aromatic heterocycles. The van der Waals surface area contributed by atoms with Gasteiger partial charge >= 0.3 is 0 Å². The number of aryl methyl sites for hydroxylation is 1. The van der Waals surface area contributed by atoms with Gasteiger partial charge in [-0.15, -0.1) is 0 Å². The highest BCUT2D eigenvalue weighted by molar-refractivity contribution is 6.31. The van der Waals surface area contributed by atoms with E-state index in [-0.39, 0.29) is 0 Å². The molecule has 1 N–H and O–H groups in total. The van der Waals surface area contributed by atoms with Crippen LogP contribution in [0.3, 0.4) is 0 Å². The average molecular weight is 241 g/mol. The van der Waals surface area contributed by atoms with Crippen LogP contribution in [-0.4, -0.2) is 5.11 Å². The lowest BCUT2D eigenvalue weighted by atomic mass is 9.90. The molecule has 90 valence electrons. The van der Waals surface area contributed by atoms with Gasteiger partial charge in [0, 0.05) is 5.02 Å².